The van der Waals surface area contributed by atoms with Gasteiger partial charge in [-0.15, -0.1) is 0 Å². The van der Waals surface area contributed by atoms with Gasteiger partial charge in [-0.2, -0.15) is 0 Å². The van der Waals surface area contributed by atoms with E-state index >= 15 is 0 Å². The molecule has 0 saturated heterocycles. The van der Waals surface area contributed by atoms with Crippen molar-refractivity contribution < 1.29 is 27.5 Å². The van der Waals surface area contributed by atoms with E-state index in [2.05, 4.69) is 5.32 Å². The Morgan fingerprint density at radius 3 is 2.37 bits per heavy atom. The average Bonchev–Trinajstić information content (AvgIpc) is 2.74. The molecular weight excluding hydrogens is 515 g/mol. The van der Waals surface area contributed by atoms with Crippen LogP contribution in [0.3, 0.4) is 0 Å². The van der Waals surface area contributed by atoms with E-state index in [1.54, 1.807) is 40.0 Å². The number of nitrogens with zero attached hydrogens (tertiary/aromatic N) is 1. The summed E-state index contributed by atoms with van der Waals surface area (Å²) in [6, 6.07) is 9.77. The second kappa shape index (κ2) is 12.1. The van der Waals surface area contributed by atoms with Crippen LogP contribution < -0.4 is 14.4 Å². The zero-order valence-electron chi connectivity index (χ0n) is 20.3. The Kier molecular flexibility index (Phi) is 9.97. The summed E-state index contributed by atoms with van der Waals surface area (Å²) in [5.74, 6) is -0.970. The molecule has 0 saturated carbocycles. The van der Waals surface area contributed by atoms with Crippen molar-refractivity contribution in [3.05, 3.63) is 52.5 Å². The molecule has 0 aliphatic heterocycles. The predicted molar refractivity (Wildman–Crippen MR) is 137 cm³/mol. The Labute approximate surface area is 216 Å². The van der Waals surface area contributed by atoms with E-state index in [0.717, 1.165) is 4.31 Å². The maximum absolute atomic E-state index is 13.7. The first-order valence-corrected chi connectivity index (χ1v) is 13.1. The summed E-state index contributed by atoms with van der Waals surface area (Å²) in [4.78, 5) is 24.0. The van der Waals surface area contributed by atoms with Gasteiger partial charge in [-0.1, -0.05) is 35.3 Å². The normalized spacial score (nSPS) is 12.7. The van der Waals surface area contributed by atoms with Crippen LogP contribution in [-0.4, -0.2) is 45.6 Å². The van der Waals surface area contributed by atoms with E-state index < -0.39 is 33.6 Å². The molecule has 0 heterocycles. The molecule has 0 amide bonds. The van der Waals surface area contributed by atoms with Gasteiger partial charge < -0.3 is 14.8 Å². The quantitative estimate of drug-likeness (QED) is 0.337. The Balaban J connectivity index is 2.43. The van der Waals surface area contributed by atoms with Crippen LogP contribution in [0.2, 0.25) is 10.0 Å². The van der Waals surface area contributed by atoms with Gasteiger partial charge in [0.2, 0.25) is 0 Å². The molecule has 11 heteroatoms. The predicted octanol–water partition coefficient (Wildman–Crippen LogP) is 4.82. The lowest BCUT2D eigenvalue weighted by molar-refractivity contribution is -0.157. The molecule has 0 aromatic heterocycles. The number of ether oxygens (including phenoxy) is 2. The number of hydrogen-bond donors (Lipinski definition) is 1. The van der Waals surface area contributed by atoms with Gasteiger partial charge in [0.1, 0.15) is 16.5 Å². The van der Waals surface area contributed by atoms with Gasteiger partial charge in [0.25, 0.3) is 10.0 Å². The molecule has 0 spiro atoms. The molecule has 1 unspecified atom stereocenters. The Morgan fingerprint density at radius 2 is 1.77 bits per heavy atom. The minimum absolute atomic E-state index is 0.00813. The number of nitrogens with one attached hydrogen (secondary N) is 1. The van der Waals surface area contributed by atoms with Crippen molar-refractivity contribution in [3.63, 3.8) is 0 Å². The summed E-state index contributed by atoms with van der Waals surface area (Å²) in [5, 5.41) is 3.10. The molecule has 8 nitrogen and oxygen atoms in total. The lowest BCUT2D eigenvalue weighted by Gasteiger charge is -2.28. The monoisotopic (exact) mass is 544 g/mol. The third-order valence-corrected chi connectivity index (χ3v) is 7.27. The summed E-state index contributed by atoms with van der Waals surface area (Å²) in [5.41, 5.74) is -0.509. The minimum atomic E-state index is -4.23. The molecule has 1 atom stereocenters. The molecule has 35 heavy (non-hydrogen) atoms. The lowest BCUT2D eigenvalue weighted by atomic mass is 10.1. The highest BCUT2D eigenvalue weighted by molar-refractivity contribution is 7.93. The number of likely N-dealkylation sites (N-methyl/N-ethyl adjacent to an activating group) is 1. The summed E-state index contributed by atoms with van der Waals surface area (Å²) in [6.45, 7) is 6.50. The van der Waals surface area contributed by atoms with Crippen molar-refractivity contribution in [2.24, 2.45) is 0 Å². The topological polar surface area (TPSA) is 102 Å². The van der Waals surface area contributed by atoms with Gasteiger partial charge in [-0.25, -0.2) is 8.42 Å². The largest absolute Gasteiger partial charge is 0.459 e. The molecule has 0 aliphatic rings. The van der Waals surface area contributed by atoms with Crippen LogP contribution >= 0.6 is 23.2 Å². The second-order valence-corrected chi connectivity index (χ2v) is 11.4. The average molecular weight is 545 g/mol. The van der Waals surface area contributed by atoms with Gasteiger partial charge in [-0.3, -0.25) is 13.9 Å². The SMILES string of the molecule is CNC(CCCN(c1ccccc1OC(C)=O)S(=O)(=O)c1cc(Cl)ccc1Cl)C(=O)OC(C)(C)C. The number of esters is 2. The number of halogens is 2. The van der Waals surface area contributed by atoms with E-state index in [0.29, 0.717) is 0 Å². The van der Waals surface area contributed by atoms with Crippen molar-refractivity contribution in [2.45, 2.75) is 57.1 Å². The first-order valence-electron chi connectivity index (χ1n) is 10.9. The summed E-state index contributed by atoms with van der Waals surface area (Å²) in [7, 11) is -2.60. The van der Waals surface area contributed by atoms with E-state index in [9.17, 15) is 18.0 Å². The number of rotatable bonds is 10. The number of carbonyl (C=O) groups is 2. The van der Waals surface area contributed by atoms with Gasteiger partial charge in [0.05, 0.1) is 10.7 Å². The smallest absolute Gasteiger partial charge is 0.323 e. The number of sulfonamides is 1. The fourth-order valence-electron chi connectivity index (χ4n) is 3.26. The Morgan fingerprint density at radius 1 is 1.11 bits per heavy atom. The van der Waals surface area contributed by atoms with Crippen molar-refractivity contribution in [3.8, 4) is 5.75 Å². The molecule has 0 aliphatic carbocycles. The number of hydrogen-bond acceptors (Lipinski definition) is 7. The van der Waals surface area contributed by atoms with Crippen molar-refractivity contribution >= 4 is 50.9 Å². The summed E-state index contributed by atoms with van der Waals surface area (Å²) >= 11 is 12.3. The minimum Gasteiger partial charge on any atom is -0.459 e. The first-order chi connectivity index (χ1) is 16.3. The van der Waals surface area contributed by atoms with Gasteiger partial charge in [0, 0.05) is 18.5 Å². The molecule has 192 valence electrons. The van der Waals surface area contributed by atoms with Crippen LogP contribution in [0.25, 0.3) is 0 Å². The highest BCUT2D eigenvalue weighted by Gasteiger charge is 2.31. The van der Waals surface area contributed by atoms with E-state index in [1.807, 2.05) is 0 Å². The zero-order chi connectivity index (χ0) is 26.4. The molecule has 0 bridgehead atoms. The fourth-order valence-corrected chi connectivity index (χ4v) is 5.51. The van der Waals surface area contributed by atoms with Crippen LogP contribution in [0, 0.1) is 0 Å². The molecule has 2 aromatic rings. The number of para-hydroxylation sites is 2. The lowest BCUT2D eigenvalue weighted by Crippen LogP contribution is -2.40. The molecule has 2 aromatic carbocycles. The van der Waals surface area contributed by atoms with Crippen molar-refractivity contribution in [1.82, 2.24) is 5.32 Å². The highest BCUT2D eigenvalue weighted by Crippen LogP contribution is 2.35. The summed E-state index contributed by atoms with van der Waals surface area (Å²) in [6.07, 6.45) is 0.563. The van der Waals surface area contributed by atoms with Crippen LogP contribution in [0.4, 0.5) is 5.69 Å². The number of carbonyl (C=O) groups excluding carboxylic acids is 2. The number of anilines is 1. The fraction of sp³-hybridized carbons (Fsp3) is 0.417. The van der Waals surface area contributed by atoms with E-state index in [4.69, 9.17) is 32.7 Å². The third kappa shape index (κ3) is 8.10. The van der Waals surface area contributed by atoms with Crippen LogP contribution in [0.1, 0.15) is 40.5 Å². The third-order valence-electron chi connectivity index (χ3n) is 4.74. The molecule has 1 N–H and O–H groups in total. The van der Waals surface area contributed by atoms with Crippen LogP contribution in [-0.2, 0) is 24.3 Å². The van der Waals surface area contributed by atoms with Gasteiger partial charge >= 0.3 is 11.9 Å². The van der Waals surface area contributed by atoms with Crippen LogP contribution in [0.5, 0.6) is 5.75 Å². The highest BCUT2D eigenvalue weighted by atomic mass is 35.5. The van der Waals surface area contributed by atoms with Crippen molar-refractivity contribution in [2.75, 3.05) is 17.9 Å². The Bertz CT molecular complexity index is 1160. The maximum Gasteiger partial charge on any atom is 0.323 e. The van der Waals surface area contributed by atoms with Gasteiger partial charge in [-0.05, 0) is 71.0 Å². The van der Waals surface area contributed by atoms with Crippen LogP contribution in [0.15, 0.2) is 47.4 Å². The maximum atomic E-state index is 13.7. The van der Waals surface area contributed by atoms with Crippen molar-refractivity contribution in [1.29, 1.82) is 0 Å². The second-order valence-electron chi connectivity index (χ2n) is 8.73. The standard InChI is InChI=1S/C24H30Cl2N2O6S/c1-16(29)33-21-11-7-6-10-20(21)28(35(31,32)22-15-17(25)12-13-18(22)26)14-8-9-19(27-5)23(30)34-24(2,3)4/h6-7,10-13,15,19,27H,8-9,14H2,1-5H3. The molecule has 2 rings (SSSR count). The van der Waals surface area contributed by atoms with E-state index in [1.165, 1.54) is 37.3 Å². The first kappa shape index (κ1) is 28.9. The summed E-state index contributed by atoms with van der Waals surface area (Å²) < 4.78 is 39.3. The number of benzene rings is 2. The molecule has 0 radical (unpaired) electrons. The van der Waals surface area contributed by atoms with Gasteiger partial charge in [0.15, 0.2) is 5.75 Å². The zero-order valence-corrected chi connectivity index (χ0v) is 22.6. The molecular formula is C24H30Cl2N2O6S. The Hall–Kier alpha value is -2.33. The van der Waals surface area contributed by atoms with E-state index in [-0.39, 0.29) is 45.8 Å². The molecule has 0 fully saturated rings.